The molecule has 1 unspecified atom stereocenters. The van der Waals surface area contributed by atoms with Crippen LogP contribution in [0.15, 0.2) is 29.3 Å². The average molecular weight is 259 g/mol. The molecule has 0 fully saturated rings. The van der Waals surface area contributed by atoms with Crippen molar-refractivity contribution in [1.82, 2.24) is 0 Å². The van der Waals surface area contributed by atoms with E-state index in [9.17, 15) is 18.0 Å². The van der Waals surface area contributed by atoms with Crippen LogP contribution in [0, 0.1) is 0 Å². The summed E-state index contributed by atoms with van der Waals surface area (Å²) in [6.45, 7) is 1.47. The molecule has 6 heteroatoms. The molecule has 0 spiro atoms. The van der Waals surface area contributed by atoms with Gasteiger partial charge in [0.1, 0.15) is 5.60 Å². The highest BCUT2D eigenvalue weighted by Crippen LogP contribution is 2.33. The van der Waals surface area contributed by atoms with Crippen LogP contribution in [0.1, 0.15) is 18.1 Å². The summed E-state index contributed by atoms with van der Waals surface area (Å²) < 4.78 is 42.9. The minimum absolute atomic E-state index is 0.0890. The number of benzene rings is 1. The molecular weight excluding hydrogens is 247 g/mol. The molecule has 1 rings (SSSR count). The maximum atomic E-state index is 12.6. The van der Waals surface area contributed by atoms with Crippen molar-refractivity contribution < 1.29 is 22.7 Å². The lowest BCUT2D eigenvalue weighted by atomic mass is 9.94. The van der Waals surface area contributed by atoms with Crippen LogP contribution in [-0.4, -0.2) is 19.7 Å². The van der Waals surface area contributed by atoms with Crippen molar-refractivity contribution in [2.24, 2.45) is 4.99 Å². The molecule has 0 aliphatic rings. The van der Waals surface area contributed by atoms with Gasteiger partial charge in [-0.15, -0.1) is 0 Å². The summed E-state index contributed by atoms with van der Waals surface area (Å²) in [6, 6.07) is 4.76. The quantitative estimate of drug-likeness (QED) is 0.616. The van der Waals surface area contributed by atoms with Gasteiger partial charge in [0.15, 0.2) is 0 Å². The van der Waals surface area contributed by atoms with Crippen LogP contribution in [0.5, 0.6) is 0 Å². The van der Waals surface area contributed by atoms with Crippen molar-refractivity contribution in [3.63, 3.8) is 0 Å². The summed E-state index contributed by atoms with van der Waals surface area (Å²) in [6.07, 6.45) is -3.07. The van der Waals surface area contributed by atoms with Crippen molar-refractivity contribution >= 4 is 6.08 Å². The van der Waals surface area contributed by atoms with Gasteiger partial charge in [-0.3, -0.25) is 0 Å². The summed E-state index contributed by atoms with van der Waals surface area (Å²) in [5.74, 6) is 0. The Labute approximate surface area is 102 Å². The van der Waals surface area contributed by atoms with Gasteiger partial charge in [-0.2, -0.15) is 13.2 Å². The highest BCUT2D eigenvalue weighted by molar-refractivity contribution is 5.35. The second kappa shape index (κ2) is 5.33. The molecule has 0 saturated heterocycles. The third kappa shape index (κ3) is 3.18. The number of isocyanates is 1. The number of carbonyl (C=O) groups excluding carboxylic acids is 1. The number of rotatable bonds is 4. The van der Waals surface area contributed by atoms with E-state index >= 15 is 0 Å². The Bertz CT molecular complexity index is 467. The molecule has 0 saturated carbocycles. The average Bonchev–Trinajstić information content (AvgIpc) is 2.35. The summed E-state index contributed by atoms with van der Waals surface area (Å²) in [5, 5.41) is 0. The highest BCUT2D eigenvalue weighted by atomic mass is 19.4. The fourth-order valence-corrected chi connectivity index (χ4v) is 1.48. The molecule has 1 aromatic rings. The van der Waals surface area contributed by atoms with E-state index in [-0.39, 0.29) is 6.54 Å². The predicted molar refractivity (Wildman–Crippen MR) is 58.8 cm³/mol. The van der Waals surface area contributed by atoms with E-state index in [4.69, 9.17) is 4.74 Å². The molecule has 0 aromatic heterocycles. The molecule has 98 valence electrons. The number of alkyl halides is 3. The summed E-state index contributed by atoms with van der Waals surface area (Å²) in [5.41, 5.74) is -1.55. The Hall–Kier alpha value is -1.65. The van der Waals surface area contributed by atoms with Gasteiger partial charge < -0.3 is 4.74 Å². The molecular formula is C12H12F3NO2. The Kier molecular flexibility index (Phi) is 4.27. The zero-order chi connectivity index (χ0) is 13.8. The Morgan fingerprint density at radius 2 is 1.94 bits per heavy atom. The number of hydrogen-bond acceptors (Lipinski definition) is 3. The molecule has 0 N–H and O–H groups in total. The first-order chi connectivity index (χ1) is 8.33. The predicted octanol–water partition coefficient (Wildman–Crippen LogP) is 2.90. The topological polar surface area (TPSA) is 38.7 Å². The largest absolute Gasteiger partial charge is 0.416 e. The molecule has 0 bridgehead atoms. The first kappa shape index (κ1) is 14.4. The van der Waals surface area contributed by atoms with Crippen molar-refractivity contribution in [3.05, 3.63) is 35.4 Å². The SMILES string of the molecule is COC(C)(CN=C=O)c1cccc(C(F)(F)F)c1. The molecule has 0 heterocycles. The molecule has 0 radical (unpaired) electrons. The van der Waals surface area contributed by atoms with Crippen molar-refractivity contribution in [2.75, 3.05) is 13.7 Å². The number of methoxy groups -OCH3 is 1. The molecule has 0 aliphatic carbocycles. The Morgan fingerprint density at radius 3 is 2.44 bits per heavy atom. The van der Waals surface area contributed by atoms with E-state index in [2.05, 4.69) is 4.99 Å². The molecule has 1 atom stereocenters. The minimum atomic E-state index is -4.42. The standard InChI is InChI=1S/C12H12F3NO2/c1-11(18-2,7-16-8-17)9-4-3-5-10(6-9)12(13,14)15/h3-6H,7H2,1-2H3. The molecule has 18 heavy (non-hydrogen) atoms. The zero-order valence-corrected chi connectivity index (χ0v) is 9.91. The van der Waals surface area contributed by atoms with Crippen LogP contribution in [0.4, 0.5) is 13.2 Å². The lowest BCUT2D eigenvalue weighted by Gasteiger charge is -2.26. The van der Waals surface area contributed by atoms with E-state index in [1.54, 1.807) is 6.92 Å². The van der Waals surface area contributed by atoms with Crippen LogP contribution in [0.2, 0.25) is 0 Å². The van der Waals surface area contributed by atoms with E-state index < -0.39 is 17.3 Å². The number of hydrogen-bond donors (Lipinski definition) is 0. The van der Waals surface area contributed by atoms with E-state index in [0.29, 0.717) is 5.56 Å². The first-order valence-electron chi connectivity index (χ1n) is 5.10. The van der Waals surface area contributed by atoms with Gasteiger partial charge in [0, 0.05) is 7.11 Å². The number of nitrogens with zero attached hydrogens (tertiary/aromatic N) is 1. The molecule has 0 amide bonds. The van der Waals surface area contributed by atoms with E-state index in [1.165, 1.54) is 25.3 Å². The second-order valence-corrected chi connectivity index (χ2v) is 3.92. The molecule has 1 aromatic carbocycles. The van der Waals surface area contributed by atoms with Crippen LogP contribution >= 0.6 is 0 Å². The van der Waals surface area contributed by atoms with Crippen LogP contribution in [0.3, 0.4) is 0 Å². The van der Waals surface area contributed by atoms with Crippen LogP contribution < -0.4 is 0 Å². The third-order valence-electron chi connectivity index (χ3n) is 2.70. The van der Waals surface area contributed by atoms with Gasteiger partial charge in [0.05, 0.1) is 12.1 Å². The van der Waals surface area contributed by atoms with Gasteiger partial charge in [0.25, 0.3) is 0 Å². The van der Waals surface area contributed by atoms with E-state index in [0.717, 1.165) is 12.1 Å². The van der Waals surface area contributed by atoms with Gasteiger partial charge in [-0.1, -0.05) is 12.1 Å². The fourth-order valence-electron chi connectivity index (χ4n) is 1.48. The van der Waals surface area contributed by atoms with Crippen LogP contribution in [-0.2, 0) is 21.3 Å². The monoisotopic (exact) mass is 259 g/mol. The summed E-state index contributed by atoms with van der Waals surface area (Å²) >= 11 is 0. The number of ether oxygens (including phenoxy) is 1. The summed E-state index contributed by atoms with van der Waals surface area (Å²) in [7, 11) is 1.35. The van der Waals surface area contributed by atoms with Gasteiger partial charge in [-0.05, 0) is 24.6 Å². The second-order valence-electron chi connectivity index (χ2n) is 3.92. The Morgan fingerprint density at radius 1 is 1.33 bits per heavy atom. The lowest BCUT2D eigenvalue weighted by Crippen LogP contribution is -2.28. The van der Waals surface area contributed by atoms with E-state index in [1.807, 2.05) is 0 Å². The molecule has 0 aliphatic heterocycles. The Balaban J connectivity index is 3.18. The first-order valence-corrected chi connectivity index (χ1v) is 5.10. The minimum Gasteiger partial charge on any atom is -0.372 e. The van der Waals surface area contributed by atoms with Crippen molar-refractivity contribution in [2.45, 2.75) is 18.7 Å². The van der Waals surface area contributed by atoms with Gasteiger partial charge >= 0.3 is 6.18 Å². The van der Waals surface area contributed by atoms with Crippen molar-refractivity contribution in [1.29, 1.82) is 0 Å². The van der Waals surface area contributed by atoms with Crippen LogP contribution in [0.25, 0.3) is 0 Å². The normalized spacial score (nSPS) is 14.7. The maximum absolute atomic E-state index is 12.6. The zero-order valence-electron chi connectivity index (χ0n) is 9.91. The van der Waals surface area contributed by atoms with Crippen molar-refractivity contribution in [3.8, 4) is 0 Å². The maximum Gasteiger partial charge on any atom is 0.416 e. The molecule has 3 nitrogen and oxygen atoms in total. The lowest BCUT2D eigenvalue weighted by molar-refractivity contribution is -0.137. The smallest absolute Gasteiger partial charge is 0.372 e. The number of aliphatic imine (C=N–C) groups is 1. The highest BCUT2D eigenvalue weighted by Gasteiger charge is 2.33. The fraction of sp³-hybridized carbons (Fsp3) is 0.417. The number of halogens is 3. The third-order valence-corrected chi connectivity index (χ3v) is 2.70. The van der Waals surface area contributed by atoms with Gasteiger partial charge in [0.2, 0.25) is 6.08 Å². The van der Waals surface area contributed by atoms with Gasteiger partial charge in [-0.25, -0.2) is 9.79 Å². The summed E-state index contributed by atoms with van der Waals surface area (Å²) in [4.78, 5) is 13.5.